The molecule has 1 unspecified atom stereocenters. The van der Waals surface area contributed by atoms with Crippen LogP contribution in [0.4, 0.5) is 5.82 Å². The molecule has 1 heterocycles. The molecule has 0 spiro atoms. The Morgan fingerprint density at radius 2 is 2.43 bits per heavy atom. The quantitative estimate of drug-likeness (QED) is 0.484. The highest BCUT2D eigenvalue weighted by molar-refractivity contribution is 6.32. The first-order valence-corrected chi connectivity index (χ1v) is 4.57. The monoisotopic (exact) mass is 239 g/mol. The highest BCUT2D eigenvalue weighted by Gasteiger charge is 2.19. The van der Waals surface area contributed by atoms with E-state index in [2.05, 4.69) is 5.10 Å². The fraction of sp³-hybridized carbons (Fsp3) is 0.500. The molecule has 0 saturated carbocycles. The van der Waals surface area contributed by atoms with Gasteiger partial charge >= 0.3 is 5.82 Å². The van der Waals surface area contributed by atoms with Gasteiger partial charge in [0, 0.05) is 0 Å². The Kier molecular flexibility index (Phi) is 3.68. The van der Waals surface area contributed by atoms with Crippen LogP contribution in [0.5, 0.6) is 0 Å². The summed E-state index contributed by atoms with van der Waals surface area (Å²) in [5, 5.41) is 23.0. The largest absolute Gasteiger partial charge is 0.408 e. The first-order chi connectivity index (χ1) is 6.54. The molecule has 6 nitrogen and oxygen atoms in total. The Bertz CT molecular complexity index is 341. The summed E-state index contributed by atoms with van der Waals surface area (Å²) in [4.78, 5) is 9.66. The van der Waals surface area contributed by atoms with Crippen molar-refractivity contribution >= 4 is 29.0 Å². The van der Waals surface area contributed by atoms with Crippen molar-refractivity contribution in [2.75, 3.05) is 5.88 Å². The predicted octanol–water partition coefficient (Wildman–Crippen LogP) is 1.04. The second kappa shape index (κ2) is 4.59. The lowest BCUT2D eigenvalue weighted by molar-refractivity contribution is -0.389. The van der Waals surface area contributed by atoms with Crippen molar-refractivity contribution in [3.63, 3.8) is 0 Å². The van der Waals surface area contributed by atoms with E-state index in [1.54, 1.807) is 0 Å². The van der Waals surface area contributed by atoms with Gasteiger partial charge in [-0.15, -0.1) is 11.6 Å². The van der Waals surface area contributed by atoms with Crippen LogP contribution in [-0.2, 0) is 6.54 Å². The summed E-state index contributed by atoms with van der Waals surface area (Å²) in [6.07, 6.45) is 0.474. The molecular weight excluding hydrogens is 233 g/mol. The van der Waals surface area contributed by atoms with Crippen LogP contribution in [0.1, 0.15) is 0 Å². The summed E-state index contributed by atoms with van der Waals surface area (Å²) in [5.74, 6) is -0.390. The van der Waals surface area contributed by atoms with Gasteiger partial charge in [0.2, 0.25) is 0 Å². The van der Waals surface area contributed by atoms with E-state index in [0.717, 1.165) is 0 Å². The second-order valence-corrected chi connectivity index (χ2v) is 3.30. The van der Waals surface area contributed by atoms with E-state index in [4.69, 9.17) is 28.3 Å². The Balaban J connectivity index is 2.81. The Hall–Kier alpha value is -0.850. The van der Waals surface area contributed by atoms with Gasteiger partial charge in [-0.1, -0.05) is 11.6 Å². The van der Waals surface area contributed by atoms with Gasteiger partial charge < -0.3 is 15.2 Å². The van der Waals surface area contributed by atoms with Crippen molar-refractivity contribution in [3.05, 3.63) is 21.3 Å². The average Bonchev–Trinajstić information content (AvgIpc) is 2.46. The van der Waals surface area contributed by atoms with Gasteiger partial charge in [-0.25, -0.2) is 0 Å². The second-order valence-electron chi connectivity index (χ2n) is 2.59. The molecule has 0 bridgehead atoms. The molecule has 1 rings (SSSR count). The van der Waals surface area contributed by atoms with Crippen LogP contribution in [0, 0.1) is 10.1 Å². The number of alkyl halides is 1. The van der Waals surface area contributed by atoms with Crippen LogP contribution < -0.4 is 0 Å². The molecule has 0 aromatic carbocycles. The third kappa shape index (κ3) is 2.57. The van der Waals surface area contributed by atoms with Crippen LogP contribution in [-0.4, -0.2) is 31.8 Å². The topological polar surface area (TPSA) is 81.2 Å². The average molecular weight is 240 g/mol. The summed E-state index contributed by atoms with van der Waals surface area (Å²) in [6, 6.07) is 0. The smallest absolute Gasteiger partial charge is 0.390 e. The number of aliphatic hydroxyl groups is 1. The standard InChI is InChI=1S/C6H7Cl2N3O3/c7-1-4(12)2-10-3-5(8)6(9-10)11(13)14/h3-4,12H,1-2H2. The molecule has 0 fully saturated rings. The molecule has 0 aliphatic rings. The predicted molar refractivity (Wildman–Crippen MR) is 50.6 cm³/mol. The number of hydrogen-bond donors (Lipinski definition) is 1. The summed E-state index contributed by atoms with van der Waals surface area (Å²) in [5.41, 5.74) is 0. The Labute approximate surface area is 89.2 Å². The van der Waals surface area contributed by atoms with Crippen molar-refractivity contribution in [3.8, 4) is 0 Å². The zero-order valence-corrected chi connectivity index (χ0v) is 8.44. The first-order valence-electron chi connectivity index (χ1n) is 3.66. The lowest BCUT2D eigenvalue weighted by Crippen LogP contribution is -2.17. The van der Waals surface area contributed by atoms with Gasteiger partial charge in [0.15, 0.2) is 5.02 Å². The van der Waals surface area contributed by atoms with E-state index in [-0.39, 0.29) is 17.4 Å². The van der Waals surface area contributed by atoms with E-state index >= 15 is 0 Å². The van der Waals surface area contributed by atoms with Gasteiger partial charge in [0.1, 0.15) is 0 Å². The van der Waals surface area contributed by atoms with E-state index in [9.17, 15) is 10.1 Å². The molecule has 78 valence electrons. The maximum atomic E-state index is 10.3. The maximum Gasteiger partial charge on any atom is 0.408 e. The molecule has 0 aliphatic carbocycles. The molecule has 0 saturated heterocycles. The number of aliphatic hydroxyl groups excluding tert-OH is 1. The van der Waals surface area contributed by atoms with Gasteiger partial charge in [0.25, 0.3) is 0 Å². The number of hydrogen-bond acceptors (Lipinski definition) is 4. The summed E-state index contributed by atoms with van der Waals surface area (Å²) >= 11 is 10.9. The molecule has 1 N–H and O–H groups in total. The van der Waals surface area contributed by atoms with E-state index in [0.29, 0.717) is 0 Å². The SMILES string of the molecule is O=[N+]([O-])c1nn(CC(O)CCl)cc1Cl. The van der Waals surface area contributed by atoms with Crippen molar-refractivity contribution < 1.29 is 10.0 Å². The zero-order valence-electron chi connectivity index (χ0n) is 6.93. The zero-order chi connectivity index (χ0) is 10.7. The number of rotatable bonds is 4. The molecule has 0 aliphatic heterocycles. The number of nitrogens with zero attached hydrogens (tertiary/aromatic N) is 3. The molecule has 14 heavy (non-hydrogen) atoms. The van der Waals surface area contributed by atoms with Gasteiger partial charge in [-0.2, -0.15) is 4.68 Å². The lowest BCUT2D eigenvalue weighted by atomic mass is 10.4. The van der Waals surface area contributed by atoms with E-state index in [1.165, 1.54) is 10.9 Å². The fourth-order valence-electron chi connectivity index (χ4n) is 0.869. The molecule has 0 amide bonds. The number of aromatic nitrogens is 2. The third-order valence-corrected chi connectivity index (χ3v) is 2.07. The summed E-state index contributed by atoms with van der Waals surface area (Å²) in [6.45, 7) is 0.0804. The molecule has 1 aromatic rings. The highest BCUT2D eigenvalue weighted by Crippen LogP contribution is 2.21. The fourth-order valence-corrected chi connectivity index (χ4v) is 1.19. The number of halogens is 2. The molecule has 1 atom stereocenters. The molecule has 8 heteroatoms. The minimum absolute atomic E-state index is 0.0330. The van der Waals surface area contributed by atoms with Crippen molar-refractivity contribution in [1.82, 2.24) is 9.78 Å². The molecule has 0 radical (unpaired) electrons. The highest BCUT2D eigenvalue weighted by atomic mass is 35.5. The van der Waals surface area contributed by atoms with Crippen LogP contribution >= 0.6 is 23.2 Å². The van der Waals surface area contributed by atoms with Crippen LogP contribution in [0.3, 0.4) is 0 Å². The minimum atomic E-state index is -0.799. The van der Waals surface area contributed by atoms with Crippen molar-refractivity contribution in [2.45, 2.75) is 12.6 Å². The third-order valence-electron chi connectivity index (χ3n) is 1.45. The minimum Gasteiger partial charge on any atom is -0.390 e. The van der Waals surface area contributed by atoms with Crippen molar-refractivity contribution in [2.24, 2.45) is 0 Å². The molecular formula is C6H7Cl2N3O3. The Morgan fingerprint density at radius 3 is 2.86 bits per heavy atom. The maximum absolute atomic E-state index is 10.3. The molecule has 1 aromatic heterocycles. The van der Waals surface area contributed by atoms with Gasteiger partial charge in [-0.05, 0) is 4.92 Å². The van der Waals surface area contributed by atoms with Crippen LogP contribution in [0.2, 0.25) is 5.02 Å². The summed E-state index contributed by atoms with van der Waals surface area (Å²) < 4.78 is 1.19. The summed E-state index contributed by atoms with van der Waals surface area (Å²) in [7, 11) is 0. The van der Waals surface area contributed by atoms with Gasteiger partial charge in [0.05, 0.1) is 29.8 Å². The van der Waals surface area contributed by atoms with E-state index < -0.39 is 16.8 Å². The van der Waals surface area contributed by atoms with Gasteiger partial charge in [-0.3, -0.25) is 0 Å². The van der Waals surface area contributed by atoms with Crippen LogP contribution in [0.15, 0.2) is 6.20 Å². The van der Waals surface area contributed by atoms with Crippen LogP contribution in [0.25, 0.3) is 0 Å². The first kappa shape index (κ1) is 11.2. The normalized spacial score (nSPS) is 12.8. The van der Waals surface area contributed by atoms with Crippen molar-refractivity contribution in [1.29, 1.82) is 0 Å². The Morgan fingerprint density at radius 1 is 1.79 bits per heavy atom. The van der Waals surface area contributed by atoms with E-state index in [1.807, 2.05) is 0 Å². The lowest BCUT2D eigenvalue weighted by Gasteiger charge is -2.01. The number of nitro groups is 1.